The standard InChI is InChI=1S/C27H29N3O4S/c1-15-6-5-7-17(10-15)25-24(29-16(2)35-25)27(32)30-20(11-19-12-21(19)30)14-28-26(31)18-8-9-22(33-3)23(13-18)34-4/h5-10,13,19-21H,11-12,14H2,1-4H3,(H,28,31)/t19?,20?,21-/m0/s1. The highest BCUT2D eigenvalue weighted by atomic mass is 32.1. The van der Waals surface area contributed by atoms with Crippen molar-refractivity contribution in [2.75, 3.05) is 20.8 Å². The average Bonchev–Trinajstić information content (AvgIpc) is 3.35. The second kappa shape index (κ2) is 9.34. The van der Waals surface area contributed by atoms with E-state index in [4.69, 9.17) is 9.47 Å². The number of hydrogen-bond donors (Lipinski definition) is 1. The minimum Gasteiger partial charge on any atom is -0.493 e. The minimum absolute atomic E-state index is 0.0405. The molecule has 35 heavy (non-hydrogen) atoms. The first kappa shape index (κ1) is 23.4. The molecule has 1 aliphatic carbocycles. The Balaban J connectivity index is 1.33. The Labute approximate surface area is 209 Å². The first-order valence-corrected chi connectivity index (χ1v) is 12.6. The zero-order chi connectivity index (χ0) is 24.7. The molecule has 7 nitrogen and oxygen atoms in total. The van der Waals surface area contributed by atoms with Crippen molar-refractivity contribution < 1.29 is 19.1 Å². The number of likely N-dealkylation sites (tertiary alicyclic amines) is 1. The Morgan fingerprint density at radius 1 is 1.09 bits per heavy atom. The maximum atomic E-state index is 13.8. The number of aryl methyl sites for hydroxylation is 2. The summed E-state index contributed by atoms with van der Waals surface area (Å²) >= 11 is 1.55. The monoisotopic (exact) mass is 491 g/mol. The van der Waals surface area contributed by atoms with Gasteiger partial charge in [0.2, 0.25) is 0 Å². The van der Waals surface area contributed by atoms with E-state index in [1.807, 2.05) is 36.9 Å². The summed E-state index contributed by atoms with van der Waals surface area (Å²) < 4.78 is 10.6. The number of thiazole rings is 1. The number of benzene rings is 2. The van der Waals surface area contributed by atoms with E-state index in [1.54, 1.807) is 43.8 Å². The predicted molar refractivity (Wildman–Crippen MR) is 135 cm³/mol. The van der Waals surface area contributed by atoms with E-state index in [-0.39, 0.29) is 23.9 Å². The molecule has 2 aromatic carbocycles. The van der Waals surface area contributed by atoms with Gasteiger partial charge in [-0.15, -0.1) is 11.3 Å². The number of nitrogens with zero attached hydrogens (tertiary/aromatic N) is 2. The minimum atomic E-state index is -0.205. The third kappa shape index (κ3) is 4.50. The Bertz CT molecular complexity index is 1290. The fourth-order valence-electron chi connectivity index (χ4n) is 5.02. The second-order valence-corrected chi connectivity index (χ2v) is 10.4. The van der Waals surface area contributed by atoms with Crippen molar-refractivity contribution in [1.82, 2.24) is 15.2 Å². The molecular weight excluding hydrogens is 462 g/mol. The molecule has 2 amide bonds. The van der Waals surface area contributed by atoms with Gasteiger partial charge in [0, 0.05) is 18.2 Å². The molecule has 0 radical (unpaired) electrons. The van der Waals surface area contributed by atoms with E-state index in [9.17, 15) is 9.59 Å². The van der Waals surface area contributed by atoms with Crippen molar-refractivity contribution in [3.63, 3.8) is 0 Å². The van der Waals surface area contributed by atoms with Crippen molar-refractivity contribution in [3.8, 4) is 21.9 Å². The zero-order valence-corrected chi connectivity index (χ0v) is 21.1. The van der Waals surface area contributed by atoms with Gasteiger partial charge in [0.25, 0.3) is 11.8 Å². The smallest absolute Gasteiger partial charge is 0.274 e. The van der Waals surface area contributed by atoms with Crippen LogP contribution in [0, 0.1) is 19.8 Å². The Morgan fingerprint density at radius 2 is 1.89 bits per heavy atom. The Morgan fingerprint density at radius 3 is 2.63 bits per heavy atom. The summed E-state index contributed by atoms with van der Waals surface area (Å²) in [7, 11) is 3.10. The highest BCUT2D eigenvalue weighted by molar-refractivity contribution is 7.15. The molecule has 1 N–H and O–H groups in total. The van der Waals surface area contributed by atoms with Crippen LogP contribution < -0.4 is 14.8 Å². The van der Waals surface area contributed by atoms with E-state index in [0.717, 1.165) is 33.9 Å². The quantitative estimate of drug-likeness (QED) is 0.527. The number of aromatic nitrogens is 1. The third-order valence-corrected chi connectivity index (χ3v) is 7.83. The van der Waals surface area contributed by atoms with E-state index >= 15 is 0 Å². The number of carbonyl (C=O) groups is 2. The maximum Gasteiger partial charge on any atom is 0.274 e. The SMILES string of the molecule is COc1ccc(C(=O)NCC2CC3C[C@@H]3N2C(=O)c2nc(C)sc2-c2cccc(C)c2)cc1OC. The van der Waals surface area contributed by atoms with Crippen molar-refractivity contribution in [3.05, 3.63) is 64.3 Å². The van der Waals surface area contributed by atoms with Crippen LogP contribution in [-0.4, -0.2) is 54.5 Å². The lowest BCUT2D eigenvalue weighted by Gasteiger charge is -2.27. The van der Waals surface area contributed by atoms with Crippen LogP contribution in [0.2, 0.25) is 0 Å². The fourth-order valence-corrected chi connectivity index (χ4v) is 5.93. The molecule has 1 aromatic heterocycles. The van der Waals surface area contributed by atoms with Crippen molar-refractivity contribution in [2.24, 2.45) is 5.92 Å². The van der Waals surface area contributed by atoms with Crippen LogP contribution in [0.25, 0.3) is 10.4 Å². The molecule has 3 atom stereocenters. The number of piperidine rings is 1. The molecule has 1 aliphatic heterocycles. The molecule has 2 heterocycles. The van der Waals surface area contributed by atoms with Gasteiger partial charge < -0.3 is 19.7 Å². The van der Waals surface area contributed by atoms with E-state index in [0.29, 0.717) is 35.2 Å². The van der Waals surface area contributed by atoms with Crippen molar-refractivity contribution in [1.29, 1.82) is 0 Å². The van der Waals surface area contributed by atoms with E-state index in [2.05, 4.69) is 16.4 Å². The van der Waals surface area contributed by atoms with Crippen LogP contribution in [0.3, 0.4) is 0 Å². The fraction of sp³-hybridized carbons (Fsp3) is 0.370. The number of fused-ring (bicyclic) bond motifs is 1. The highest BCUT2D eigenvalue weighted by Gasteiger charge is 2.54. The highest BCUT2D eigenvalue weighted by Crippen LogP contribution is 2.48. The lowest BCUT2D eigenvalue weighted by Crippen LogP contribution is -2.45. The van der Waals surface area contributed by atoms with Gasteiger partial charge in [-0.05, 0) is 56.4 Å². The molecule has 182 valence electrons. The summed E-state index contributed by atoms with van der Waals surface area (Å²) in [5.74, 6) is 1.33. The summed E-state index contributed by atoms with van der Waals surface area (Å²) in [5.41, 5.74) is 3.16. The summed E-state index contributed by atoms with van der Waals surface area (Å²) in [6.07, 6.45) is 1.92. The van der Waals surface area contributed by atoms with Crippen LogP contribution in [0.5, 0.6) is 11.5 Å². The molecule has 2 fully saturated rings. The first-order valence-electron chi connectivity index (χ1n) is 11.8. The second-order valence-electron chi connectivity index (χ2n) is 9.22. The number of ether oxygens (including phenoxy) is 2. The summed E-state index contributed by atoms with van der Waals surface area (Å²) in [6, 6.07) is 13.4. The van der Waals surface area contributed by atoms with Crippen LogP contribution in [-0.2, 0) is 0 Å². The number of hydrogen-bond acceptors (Lipinski definition) is 6. The third-order valence-electron chi connectivity index (χ3n) is 6.81. The normalized spacial score (nSPS) is 20.3. The van der Waals surface area contributed by atoms with Gasteiger partial charge in [0.15, 0.2) is 11.5 Å². The summed E-state index contributed by atoms with van der Waals surface area (Å²) in [4.78, 5) is 34.2. The lowest BCUT2D eigenvalue weighted by atomic mass is 10.1. The molecule has 0 spiro atoms. The van der Waals surface area contributed by atoms with Gasteiger partial charge in [-0.1, -0.05) is 29.8 Å². The summed E-state index contributed by atoms with van der Waals surface area (Å²) in [5, 5.41) is 3.89. The largest absolute Gasteiger partial charge is 0.493 e. The first-order chi connectivity index (χ1) is 16.9. The molecule has 1 saturated heterocycles. The van der Waals surface area contributed by atoms with Crippen molar-refractivity contribution >= 4 is 23.2 Å². The molecule has 3 aromatic rings. The van der Waals surface area contributed by atoms with Crippen LogP contribution in [0.1, 0.15) is 44.3 Å². The number of nitrogens with one attached hydrogen (secondary N) is 1. The Kier molecular flexibility index (Phi) is 6.23. The van der Waals surface area contributed by atoms with Gasteiger partial charge in [-0.25, -0.2) is 4.98 Å². The molecule has 8 heteroatoms. The topological polar surface area (TPSA) is 80.8 Å². The summed E-state index contributed by atoms with van der Waals surface area (Å²) in [6.45, 7) is 4.38. The van der Waals surface area contributed by atoms with Gasteiger partial charge in [-0.2, -0.15) is 0 Å². The van der Waals surface area contributed by atoms with Crippen molar-refractivity contribution in [2.45, 2.75) is 38.8 Å². The van der Waals surface area contributed by atoms with E-state index in [1.165, 1.54) is 0 Å². The average molecular weight is 492 g/mol. The number of methoxy groups -OCH3 is 2. The zero-order valence-electron chi connectivity index (χ0n) is 20.3. The molecule has 2 unspecified atom stereocenters. The van der Waals surface area contributed by atoms with Gasteiger partial charge >= 0.3 is 0 Å². The van der Waals surface area contributed by atoms with Crippen LogP contribution in [0.4, 0.5) is 0 Å². The maximum absolute atomic E-state index is 13.8. The Hall–Kier alpha value is -3.39. The van der Waals surface area contributed by atoms with E-state index < -0.39 is 0 Å². The number of rotatable bonds is 7. The lowest BCUT2D eigenvalue weighted by molar-refractivity contribution is 0.0684. The molecular formula is C27H29N3O4S. The number of amides is 2. The molecule has 5 rings (SSSR count). The molecule has 0 bridgehead atoms. The predicted octanol–water partition coefficient (Wildman–Crippen LogP) is 4.48. The van der Waals surface area contributed by atoms with Crippen LogP contribution in [0.15, 0.2) is 42.5 Å². The number of carbonyl (C=O) groups excluding carboxylic acids is 2. The molecule has 2 aliphatic rings. The van der Waals surface area contributed by atoms with Crippen LogP contribution >= 0.6 is 11.3 Å². The van der Waals surface area contributed by atoms with Gasteiger partial charge in [-0.3, -0.25) is 9.59 Å². The van der Waals surface area contributed by atoms with Gasteiger partial charge in [0.1, 0.15) is 5.69 Å². The van der Waals surface area contributed by atoms with Gasteiger partial charge in [0.05, 0.1) is 30.1 Å². The molecule has 1 saturated carbocycles.